The Kier molecular flexibility index (Phi) is 6.86. The number of urea groups is 1. The van der Waals surface area contributed by atoms with Gasteiger partial charge in [-0.05, 0) is 56.2 Å². The van der Waals surface area contributed by atoms with E-state index in [2.05, 4.69) is 16.0 Å². The maximum absolute atomic E-state index is 12.3. The molecule has 0 saturated heterocycles. The fraction of sp³-hybridized carbons (Fsp3) is 0.263. The molecule has 0 heterocycles. The zero-order valence-electron chi connectivity index (χ0n) is 14.9. The lowest BCUT2D eigenvalue weighted by Gasteiger charge is -2.17. The van der Waals surface area contributed by atoms with E-state index in [1.807, 2.05) is 19.1 Å². The third-order valence-corrected chi connectivity index (χ3v) is 4.06. The first kappa shape index (κ1) is 19.6. The highest BCUT2D eigenvalue weighted by atomic mass is 35.5. The summed E-state index contributed by atoms with van der Waals surface area (Å²) in [6, 6.07) is 12.0. The number of ether oxygens (including phenoxy) is 1. The standard InChI is InChI=1S/C19H22ClN3O3/c1-4-26-19(25)23-17-7-5-6-16(12(17)2)22-18(24)21-13(3)14-8-10-15(20)11-9-14/h5-11,13H,4H2,1-3H3,(H,23,25)(H2,21,22,24). The molecule has 0 aliphatic heterocycles. The van der Waals surface area contributed by atoms with Crippen molar-refractivity contribution in [2.24, 2.45) is 0 Å². The molecule has 0 fully saturated rings. The lowest BCUT2D eigenvalue weighted by molar-refractivity contribution is 0.168. The normalized spacial score (nSPS) is 11.4. The van der Waals surface area contributed by atoms with Gasteiger partial charge in [0.1, 0.15) is 0 Å². The van der Waals surface area contributed by atoms with Crippen molar-refractivity contribution in [3.05, 3.63) is 58.6 Å². The number of rotatable bonds is 5. The van der Waals surface area contributed by atoms with Crippen molar-refractivity contribution in [2.45, 2.75) is 26.8 Å². The van der Waals surface area contributed by atoms with Crippen LogP contribution in [0.3, 0.4) is 0 Å². The SMILES string of the molecule is CCOC(=O)Nc1cccc(NC(=O)NC(C)c2ccc(Cl)cc2)c1C. The first-order valence-electron chi connectivity index (χ1n) is 8.27. The number of halogens is 1. The van der Waals surface area contributed by atoms with Crippen molar-refractivity contribution in [1.82, 2.24) is 5.32 Å². The Bertz CT molecular complexity index is 778. The second kappa shape index (κ2) is 9.10. The number of carbonyl (C=O) groups is 2. The number of hydrogen-bond donors (Lipinski definition) is 3. The fourth-order valence-electron chi connectivity index (χ4n) is 2.37. The molecular formula is C19H22ClN3O3. The van der Waals surface area contributed by atoms with Crippen LogP contribution in [0.25, 0.3) is 0 Å². The first-order valence-corrected chi connectivity index (χ1v) is 8.65. The van der Waals surface area contributed by atoms with E-state index in [1.54, 1.807) is 44.2 Å². The van der Waals surface area contributed by atoms with Crippen molar-refractivity contribution >= 4 is 35.1 Å². The zero-order chi connectivity index (χ0) is 19.1. The molecule has 1 atom stereocenters. The predicted octanol–water partition coefficient (Wildman–Crippen LogP) is 5.10. The number of nitrogens with one attached hydrogen (secondary N) is 3. The maximum atomic E-state index is 12.3. The predicted molar refractivity (Wildman–Crippen MR) is 104 cm³/mol. The van der Waals surface area contributed by atoms with Gasteiger partial charge in [0.15, 0.2) is 0 Å². The molecule has 0 spiro atoms. The molecule has 0 aliphatic rings. The van der Waals surface area contributed by atoms with Crippen LogP contribution in [0.1, 0.15) is 31.0 Å². The molecule has 3 N–H and O–H groups in total. The Morgan fingerprint density at radius 1 is 1.08 bits per heavy atom. The Balaban J connectivity index is 2.02. The quantitative estimate of drug-likeness (QED) is 0.680. The van der Waals surface area contributed by atoms with Gasteiger partial charge in [-0.15, -0.1) is 0 Å². The van der Waals surface area contributed by atoms with Crippen molar-refractivity contribution in [3.8, 4) is 0 Å². The average molecular weight is 376 g/mol. The summed E-state index contributed by atoms with van der Waals surface area (Å²) in [7, 11) is 0. The lowest BCUT2D eigenvalue weighted by atomic mass is 10.1. The van der Waals surface area contributed by atoms with E-state index >= 15 is 0 Å². The molecule has 0 saturated carbocycles. The van der Waals surface area contributed by atoms with E-state index in [0.717, 1.165) is 11.1 Å². The monoisotopic (exact) mass is 375 g/mol. The maximum Gasteiger partial charge on any atom is 0.411 e. The van der Waals surface area contributed by atoms with Gasteiger partial charge in [0.05, 0.1) is 12.6 Å². The van der Waals surface area contributed by atoms with Crippen LogP contribution in [0.5, 0.6) is 0 Å². The molecule has 6 nitrogen and oxygen atoms in total. The van der Waals surface area contributed by atoms with E-state index in [9.17, 15) is 9.59 Å². The first-order chi connectivity index (χ1) is 12.4. The highest BCUT2D eigenvalue weighted by Crippen LogP contribution is 2.24. The number of benzene rings is 2. The van der Waals surface area contributed by atoms with E-state index < -0.39 is 6.09 Å². The third kappa shape index (κ3) is 5.39. The summed E-state index contributed by atoms with van der Waals surface area (Å²) in [5.74, 6) is 0. The van der Waals surface area contributed by atoms with Crippen LogP contribution in [0.15, 0.2) is 42.5 Å². The van der Waals surface area contributed by atoms with Gasteiger partial charge in [0, 0.05) is 16.4 Å². The zero-order valence-corrected chi connectivity index (χ0v) is 15.7. The molecule has 0 aliphatic carbocycles. The smallest absolute Gasteiger partial charge is 0.411 e. The van der Waals surface area contributed by atoms with Gasteiger partial charge in [-0.2, -0.15) is 0 Å². The van der Waals surface area contributed by atoms with Gasteiger partial charge in [0.2, 0.25) is 0 Å². The van der Waals surface area contributed by atoms with E-state index in [-0.39, 0.29) is 18.7 Å². The Morgan fingerprint density at radius 2 is 1.69 bits per heavy atom. The summed E-state index contributed by atoms with van der Waals surface area (Å²) >= 11 is 5.88. The Hall–Kier alpha value is -2.73. The molecule has 0 radical (unpaired) electrons. The summed E-state index contributed by atoms with van der Waals surface area (Å²) in [4.78, 5) is 23.9. The van der Waals surface area contributed by atoms with Gasteiger partial charge in [-0.1, -0.05) is 29.8 Å². The molecule has 1 unspecified atom stereocenters. The topological polar surface area (TPSA) is 79.5 Å². The molecule has 26 heavy (non-hydrogen) atoms. The molecule has 3 amide bonds. The molecule has 0 aromatic heterocycles. The molecule has 0 bridgehead atoms. The summed E-state index contributed by atoms with van der Waals surface area (Å²) < 4.78 is 4.87. The largest absolute Gasteiger partial charge is 0.450 e. The lowest BCUT2D eigenvalue weighted by Crippen LogP contribution is -2.31. The third-order valence-electron chi connectivity index (χ3n) is 3.81. The van der Waals surface area contributed by atoms with Crippen LogP contribution < -0.4 is 16.0 Å². The van der Waals surface area contributed by atoms with Crippen LogP contribution >= 0.6 is 11.6 Å². The van der Waals surface area contributed by atoms with Crippen molar-refractivity contribution in [3.63, 3.8) is 0 Å². The van der Waals surface area contributed by atoms with Crippen molar-refractivity contribution in [2.75, 3.05) is 17.2 Å². The summed E-state index contributed by atoms with van der Waals surface area (Å²) in [5.41, 5.74) is 2.85. The summed E-state index contributed by atoms with van der Waals surface area (Å²) in [6.45, 7) is 5.71. The van der Waals surface area contributed by atoms with Crippen LogP contribution in [0.2, 0.25) is 5.02 Å². The molecule has 138 valence electrons. The summed E-state index contributed by atoms with van der Waals surface area (Å²) in [6.07, 6.45) is -0.534. The van der Waals surface area contributed by atoms with Crippen LogP contribution in [-0.4, -0.2) is 18.7 Å². The van der Waals surface area contributed by atoms with E-state index in [0.29, 0.717) is 16.4 Å². The van der Waals surface area contributed by atoms with Crippen LogP contribution in [-0.2, 0) is 4.74 Å². The molecule has 2 rings (SSSR count). The molecule has 2 aromatic carbocycles. The minimum atomic E-state index is -0.534. The molecule has 2 aromatic rings. The van der Waals surface area contributed by atoms with Gasteiger partial charge in [0.25, 0.3) is 0 Å². The summed E-state index contributed by atoms with van der Waals surface area (Å²) in [5, 5.41) is 8.96. The van der Waals surface area contributed by atoms with Gasteiger partial charge >= 0.3 is 12.1 Å². The van der Waals surface area contributed by atoms with E-state index in [1.165, 1.54) is 0 Å². The Morgan fingerprint density at radius 3 is 2.31 bits per heavy atom. The fourth-order valence-corrected chi connectivity index (χ4v) is 2.50. The minimum Gasteiger partial charge on any atom is -0.450 e. The van der Waals surface area contributed by atoms with E-state index in [4.69, 9.17) is 16.3 Å². The number of carbonyl (C=O) groups excluding carboxylic acids is 2. The van der Waals surface area contributed by atoms with Gasteiger partial charge in [-0.3, -0.25) is 5.32 Å². The second-order valence-corrected chi connectivity index (χ2v) is 6.13. The second-order valence-electron chi connectivity index (χ2n) is 5.70. The van der Waals surface area contributed by atoms with Gasteiger partial charge in [-0.25, -0.2) is 9.59 Å². The molecular weight excluding hydrogens is 354 g/mol. The van der Waals surface area contributed by atoms with Crippen molar-refractivity contribution in [1.29, 1.82) is 0 Å². The number of hydrogen-bond acceptors (Lipinski definition) is 3. The highest BCUT2D eigenvalue weighted by Gasteiger charge is 2.13. The number of anilines is 2. The molecule has 7 heteroatoms. The number of amides is 3. The van der Waals surface area contributed by atoms with Crippen LogP contribution in [0, 0.1) is 6.92 Å². The Labute approximate surface area is 157 Å². The minimum absolute atomic E-state index is 0.187. The van der Waals surface area contributed by atoms with Crippen LogP contribution in [0.4, 0.5) is 21.0 Å². The van der Waals surface area contributed by atoms with Gasteiger partial charge < -0.3 is 15.4 Å². The highest BCUT2D eigenvalue weighted by molar-refractivity contribution is 6.30. The van der Waals surface area contributed by atoms with Crippen molar-refractivity contribution < 1.29 is 14.3 Å². The average Bonchev–Trinajstić information content (AvgIpc) is 2.59.